The average molecular weight is 367 g/mol. The highest BCUT2D eigenvalue weighted by atomic mass is 16.3. The molecule has 142 valence electrons. The van der Waals surface area contributed by atoms with Crippen molar-refractivity contribution in [3.05, 3.63) is 58.1 Å². The predicted octanol–water partition coefficient (Wildman–Crippen LogP) is 3.22. The van der Waals surface area contributed by atoms with E-state index in [9.17, 15) is 4.79 Å². The fourth-order valence-electron chi connectivity index (χ4n) is 3.14. The third kappa shape index (κ3) is 4.07. The molecule has 1 atom stereocenters. The van der Waals surface area contributed by atoms with Gasteiger partial charge in [0.2, 0.25) is 5.91 Å². The Labute approximate surface area is 158 Å². The van der Waals surface area contributed by atoms with E-state index in [1.54, 1.807) is 4.68 Å². The SMILES string of the molecule is Cc1cc(C)nc(-n2nc(C)c(CC(=O)NC(C)c3ccc(C)o3)c2C)n1. The molecule has 7 nitrogen and oxygen atoms in total. The minimum Gasteiger partial charge on any atom is -0.464 e. The summed E-state index contributed by atoms with van der Waals surface area (Å²) in [6.45, 7) is 11.5. The van der Waals surface area contributed by atoms with E-state index in [4.69, 9.17) is 4.42 Å². The zero-order valence-corrected chi connectivity index (χ0v) is 16.6. The average Bonchev–Trinajstić information content (AvgIpc) is 3.12. The minimum atomic E-state index is -0.190. The fraction of sp³-hybridized carbons (Fsp3) is 0.400. The first-order chi connectivity index (χ1) is 12.7. The van der Waals surface area contributed by atoms with Crippen molar-refractivity contribution >= 4 is 5.91 Å². The Balaban J connectivity index is 1.79. The molecule has 1 N–H and O–H groups in total. The summed E-state index contributed by atoms with van der Waals surface area (Å²) in [5.74, 6) is 2.02. The van der Waals surface area contributed by atoms with Gasteiger partial charge >= 0.3 is 0 Å². The summed E-state index contributed by atoms with van der Waals surface area (Å²) in [5, 5.41) is 7.53. The number of furan rings is 1. The molecule has 0 saturated carbocycles. The number of rotatable bonds is 5. The van der Waals surface area contributed by atoms with Gasteiger partial charge < -0.3 is 9.73 Å². The number of aromatic nitrogens is 4. The van der Waals surface area contributed by atoms with Gasteiger partial charge in [-0.15, -0.1) is 0 Å². The molecule has 27 heavy (non-hydrogen) atoms. The highest BCUT2D eigenvalue weighted by molar-refractivity contribution is 5.79. The van der Waals surface area contributed by atoms with Gasteiger partial charge in [-0.2, -0.15) is 5.10 Å². The first-order valence-corrected chi connectivity index (χ1v) is 8.98. The number of aryl methyl sites for hydroxylation is 4. The van der Waals surface area contributed by atoms with E-state index in [0.717, 1.165) is 39.9 Å². The molecule has 1 amide bonds. The Morgan fingerprint density at radius 1 is 1.15 bits per heavy atom. The van der Waals surface area contributed by atoms with Gasteiger partial charge in [-0.1, -0.05) is 0 Å². The Morgan fingerprint density at radius 2 is 1.81 bits per heavy atom. The van der Waals surface area contributed by atoms with Crippen LogP contribution in [0.25, 0.3) is 5.95 Å². The summed E-state index contributed by atoms with van der Waals surface area (Å²) >= 11 is 0. The van der Waals surface area contributed by atoms with E-state index in [-0.39, 0.29) is 18.4 Å². The zero-order valence-electron chi connectivity index (χ0n) is 16.6. The van der Waals surface area contributed by atoms with Crippen LogP contribution >= 0.6 is 0 Å². The number of carbonyl (C=O) groups excluding carboxylic acids is 1. The smallest absolute Gasteiger partial charge is 0.251 e. The van der Waals surface area contributed by atoms with Gasteiger partial charge in [0.1, 0.15) is 11.5 Å². The normalized spacial score (nSPS) is 12.2. The predicted molar refractivity (Wildman–Crippen MR) is 102 cm³/mol. The molecule has 0 fully saturated rings. The highest BCUT2D eigenvalue weighted by Crippen LogP contribution is 2.19. The van der Waals surface area contributed by atoms with Crippen molar-refractivity contribution < 1.29 is 9.21 Å². The molecule has 3 rings (SSSR count). The third-order valence-corrected chi connectivity index (χ3v) is 4.50. The van der Waals surface area contributed by atoms with Crippen molar-refractivity contribution in [2.75, 3.05) is 0 Å². The van der Waals surface area contributed by atoms with Crippen LogP contribution in [0.2, 0.25) is 0 Å². The largest absolute Gasteiger partial charge is 0.464 e. The molecule has 0 aliphatic heterocycles. The number of amides is 1. The number of hydrogen-bond donors (Lipinski definition) is 1. The van der Waals surface area contributed by atoms with E-state index in [1.165, 1.54) is 0 Å². The van der Waals surface area contributed by atoms with Crippen LogP contribution in [0, 0.1) is 34.6 Å². The van der Waals surface area contributed by atoms with Gasteiger partial charge in [-0.05, 0) is 59.7 Å². The van der Waals surface area contributed by atoms with Crippen LogP contribution < -0.4 is 5.32 Å². The maximum Gasteiger partial charge on any atom is 0.251 e. The van der Waals surface area contributed by atoms with Crippen LogP contribution in [-0.4, -0.2) is 25.7 Å². The van der Waals surface area contributed by atoms with Gasteiger partial charge in [0, 0.05) is 22.6 Å². The summed E-state index contributed by atoms with van der Waals surface area (Å²) in [5.41, 5.74) is 4.32. The molecule has 7 heteroatoms. The monoisotopic (exact) mass is 367 g/mol. The van der Waals surface area contributed by atoms with E-state index >= 15 is 0 Å². The molecule has 0 spiro atoms. The van der Waals surface area contributed by atoms with Crippen molar-refractivity contribution in [2.45, 2.75) is 54.0 Å². The van der Waals surface area contributed by atoms with Crippen molar-refractivity contribution in [3.8, 4) is 5.95 Å². The maximum absolute atomic E-state index is 12.5. The Bertz CT molecular complexity index is 966. The van der Waals surface area contributed by atoms with Gasteiger partial charge in [0.15, 0.2) is 0 Å². The molecule has 0 saturated heterocycles. The molecule has 0 aromatic carbocycles. The molecule has 3 aromatic heterocycles. The molecule has 0 aliphatic carbocycles. The van der Waals surface area contributed by atoms with Crippen LogP contribution in [0.3, 0.4) is 0 Å². The number of hydrogen-bond acceptors (Lipinski definition) is 5. The van der Waals surface area contributed by atoms with E-state index in [0.29, 0.717) is 5.95 Å². The maximum atomic E-state index is 12.5. The molecule has 0 radical (unpaired) electrons. The molecular formula is C20H25N5O2. The molecule has 0 bridgehead atoms. The molecule has 1 unspecified atom stereocenters. The molecule has 3 aromatic rings. The second-order valence-electron chi connectivity index (χ2n) is 6.93. The standard InChI is InChI=1S/C20H25N5O2/c1-11-9-12(2)22-20(21-11)25-16(6)17(14(4)24-25)10-19(26)23-15(5)18-8-7-13(3)27-18/h7-9,15H,10H2,1-6H3,(H,23,26). The van der Waals surface area contributed by atoms with Crippen molar-refractivity contribution in [1.82, 2.24) is 25.1 Å². The van der Waals surface area contributed by atoms with E-state index in [2.05, 4.69) is 20.4 Å². The molecular weight excluding hydrogens is 342 g/mol. The Hall–Kier alpha value is -2.96. The first-order valence-electron chi connectivity index (χ1n) is 8.98. The fourth-order valence-corrected chi connectivity index (χ4v) is 3.14. The molecule has 3 heterocycles. The van der Waals surface area contributed by atoms with Gasteiger partial charge in [-0.3, -0.25) is 4.79 Å². The van der Waals surface area contributed by atoms with Crippen molar-refractivity contribution in [2.24, 2.45) is 0 Å². The van der Waals surface area contributed by atoms with Gasteiger partial charge in [0.25, 0.3) is 5.95 Å². The number of nitrogens with zero attached hydrogens (tertiary/aromatic N) is 4. The van der Waals surface area contributed by atoms with Gasteiger partial charge in [0.05, 0.1) is 18.2 Å². The summed E-state index contributed by atoms with van der Waals surface area (Å²) in [6.07, 6.45) is 0.243. The lowest BCUT2D eigenvalue weighted by atomic mass is 10.1. The summed E-state index contributed by atoms with van der Waals surface area (Å²) in [6, 6.07) is 5.50. The lowest BCUT2D eigenvalue weighted by molar-refractivity contribution is -0.121. The Kier molecular flexibility index (Phi) is 5.12. The van der Waals surface area contributed by atoms with E-state index in [1.807, 2.05) is 59.7 Å². The second-order valence-corrected chi connectivity index (χ2v) is 6.93. The van der Waals surface area contributed by atoms with Gasteiger partial charge in [-0.25, -0.2) is 14.6 Å². The topological polar surface area (TPSA) is 85.8 Å². The lowest BCUT2D eigenvalue weighted by Gasteiger charge is -2.12. The van der Waals surface area contributed by atoms with Crippen LogP contribution in [0.5, 0.6) is 0 Å². The van der Waals surface area contributed by atoms with Crippen molar-refractivity contribution in [1.29, 1.82) is 0 Å². The van der Waals surface area contributed by atoms with Crippen molar-refractivity contribution in [3.63, 3.8) is 0 Å². The highest BCUT2D eigenvalue weighted by Gasteiger charge is 2.19. The summed E-state index contributed by atoms with van der Waals surface area (Å²) in [4.78, 5) is 21.5. The third-order valence-electron chi connectivity index (χ3n) is 4.50. The van der Waals surface area contributed by atoms with Crippen LogP contribution in [0.4, 0.5) is 0 Å². The van der Waals surface area contributed by atoms with Crippen LogP contribution in [0.15, 0.2) is 22.6 Å². The van der Waals surface area contributed by atoms with E-state index < -0.39 is 0 Å². The quantitative estimate of drug-likeness (QED) is 0.748. The Morgan fingerprint density at radius 3 is 2.41 bits per heavy atom. The lowest BCUT2D eigenvalue weighted by Crippen LogP contribution is -2.28. The first kappa shape index (κ1) is 18.8. The number of nitrogens with one attached hydrogen (secondary N) is 1. The zero-order chi connectivity index (χ0) is 19.7. The molecule has 0 aliphatic rings. The number of carbonyl (C=O) groups is 1. The van der Waals surface area contributed by atoms with Crippen LogP contribution in [-0.2, 0) is 11.2 Å². The van der Waals surface area contributed by atoms with Crippen LogP contribution in [0.1, 0.15) is 52.8 Å². The second kappa shape index (κ2) is 7.34. The summed E-state index contributed by atoms with van der Waals surface area (Å²) in [7, 11) is 0. The summed E-state index contributed by atoms with van der Waals surface area (Å²) < 4.78 is 7.29. The minimum absolute atomic E-state index is 0.0800.